The molecule has 1 aromatic heterocycles. The van der Waals surface area contributed by atoms with E-state index in [-0.39, 0.29) is 0 Å². The van der Waals surface area contributed by atoms with Gasteiger partial charge in [0, 0.05) is 11.1 Å². The smallest absolute Gasteiger partial charge is 0.130 e. The Kier molecular flexibility index (Phi) is 3.17. The lowest BCUT2D eigenvalue weighted by molar-refractivity contribution is 1.14. The van der Waals surface area contributed by atoms with Crippen molar-refractivity contribution in [2.24, 2.45) is 0 Å². The second-order valence-electron chi connectivity index (χ2n) is 4.68. The van der Waals surface area contributed by atoms with Crippen molar-refractivity contribution in [3.05, 3.63) is 66.5 Å². The van der Waals surface area contributed by atoms with Gasteiger partial charge in [0.15, 0.2) is 0 Å². The summed E-state index contributed by atoms with van der Waals surface area (Å²) in [6.45, 7) is 1.94. The Morgan fingerprint density at radius 3 is 2.05 bits per heavy atom. The van der Waals surface area contributed by atoms with Crippen molar-refractivity contribution in [2.75, 3.05) is 5.73 Å². The SMILES string of the molecule is Cc1c(N)ncnc1-c1ccc(-c2ccccc2)cc1. The average Bonchev–Trinajstić information content (AvgIpc) is 2.51. The Labute approximate surface area is 118 Å². The van der Waals surface area contributed by atoms with E-state index in [0.717, 1.165) is 16.8 Å². The lowest BCUT2D eigenvalue weighted by Crippen LogP contribution is -1.98. The third-order valence-electron chi connectivity index (χ3n) is 3.39. The first-order chi connectivity index (χ1) is 9.75. The summed E-state index contributed by atoms with van der Waals surface area (Å²) in [6, 6.07) is 18.6. The van der Waals surface area contributed by atoms with Crippen LogP contribution in [0.2, 0.25) is 0 Å². The molecule has 0 aliphatic carbocycles. The number of aromatic nitrogens is 2. The van der Waals surface area contributed by atoms with E-state index in [2.05, 4.69) is 46.4 Å². The molecule has 2 N–H and O–H groups in total. The van der Waals surface area contributed by atoms with Crippen LogP contribution in [0, 0.1) is 6.92 Å². The van der Waals surface area contributed by atoms with Gasteiger partial charge in [0.25, 0.3) is 0 Å². The van der Waals surface area contributed by atoms with E-state index in [1.807, 2.05) is 25.1 Å². The molecular weight excluding hydrogens is 246 g/mol. The highest BCUT2D eigenvalue weighted by Gasteiger charge is 2.07. The van der Waals surface area contributed by atoms with Gasteiger partial charge in [0.1, 0.15) is 12.1 Å². The van der Waals surface area contributed by atoms with Crippen LogP contribution in [0.25, 0.3) is 22.4 Å². The fourth-order valence-electron chi connectivity index (χ4n) is 2.21. The Bertz CT molecular complexity index is 719. The largest absolute Gasteiger partial charge is 0.383 e. The van der Waals surface area contributed by atoms with E-state index in [9.17, 15) is 0 Å². The van der Waals surface area contributed by atoms with Crippen LogP contribution in [0.5, 0.6) is 0 Å². The molecule has 0 radical (unpaired) electrons. The second-order valence-corrected chi connectivity index (χ2v) is 4.68. The molecule has 0 spiro atoms. The first-order valence-electron chi connectivity index (χ1n) is 6.48. The molecule has 3 rings (SSSR count). The highest BCUT2D eigenvalue weighted by molar-refractivity contribution is 5.71. The van der Waals surface area contributed by atoms with Crippen molar-refractivity contribution in [2.45, 2.75) is 6.92 Å². The Balaban J connectivity index is 2.00. The predicted molar refractivity (Wildman–Crippen MR) is 82.1 cm³/mol. The fraction of sp³-hybridized carbons (Fsp3) is 0.0588. The molecule has 0 aliphatic heterocycles. The standard InChI is InChI=1S/C17H15N3/c1-12-16(19-11-20-17(12)18)15-9-7-14(8-10-15)13-5-3-2-4-6-13/h2-11H,1H3,(H2,18,19,20). The van der Waals surface area contributed by atoms with Gasteiger partial charge in [0.05, 0.1) is 5.69 Å². The normalized spacial score (nSPS) is 10.4. The van der Waals surface area contributed by atoms with Gasteiger partial charge >= 0.3 is 0 Å². The van der Waals surface area contributed by atoms with Gasteiger partial charge in [-0.3, -0.25) is 0 Å². The minimum atomic E-state index is 0.530. The third kappa shape index (κ3) is 2.26. The average molecular weight is 261 g/mol. The summed E-state index contributed by atoms with van der Waals surface area (Å²) in [5, 5.41) is 0. The molecule has 3 aromatic rings. The minimum absolute atomic E-state index is 0.530. The van der Waals surface area contributed by atoms with Crippen LogP contribution in [0.3, 0.4) is 0 Å². The second kappa shape index (κ2) is 5.13. The number of nitrogens with zero attached hydrogens (tertiary/aromatic N) is 2. The molecule has 0 saturated carbocycles. The summed E-state index contributed by atoms with van der Waals surface area (Å²) < 4.78 is 0. The van der Waals surface area contributed by atoms with Gasteiger partial charge in [-0.2, -0.15) is 0 Å². The maximum absolute atomic E-state index is 5.83. The molecule has 20 heavy (non-hydrogen) atoms. The summed E-state index contributed by atoms with van der Waals surface area (Å²) in [7, 11) is 0. The number of nitrogen functional groups attached to an aromatic ring is 1. The molecule has 2 aromatic carbocycles. The summed E-state index contributed by atoms with van der Waals surface area (Å²) in [6.07, 6.45) is 1.50. The van der Waals surface area contributed by atoms with Crippen molar-refractivity contribution < 1.29 is 0 Å². The van der Waals surface area contributed by atoms with Crippen LogP contribution in [-0.4, -0.2) is 9.97 Å². The quantitative estimate of drug-likeness (QED) is 0.765. The molecule has 98 valence electrons. The first-order valence-corrected chi connectivity index (χ1v) is 6.48. The number of nitrogens with two attached hydrogens (primary N) is 1. The number of hydrogen-bond donors (Lipinski definition) is 1. The lowest BCUT2D eigenvalue weighted by atomic mass is 10.0. The number of benzene rings is 2. The zero-order valence-electron chi connectivity index (χ0n) is 11.2. The third-order valence-corrected chi connectivity index (χ3v) is 3.39. The molecule has 0 saturated heterocycles. The fourth-order valence-corrected chi connectivity index (χ4v) is 2.21. The highest BCUT2D eigenvalue weighted by Crippen LogP contribution is 2.26. The first kappa shape index (κ1) is 12.4. The van der Waals surface area contributed by atoms with Crippen LogP contribution >= 0.6 is 0 Å². The van der Waals surface area contributed by atoms with Crippen LogP contribution in [0.1, 0.15) is 5.56 Å². The molecule has 0 fully saturated rings. The summed E-state index contributed by atoms with van der Waals surface area (Å²) in [4.78, 5) is 8.32. The molecule has 0 bridgehead atoms. The van der Waals surface area contributed by atoms with Crippen molar-refractivity contribution in [3.63, 3.8) is 0 Å². The summed E-state index contributed by atoms with van der Waals surface area (Å²) in [5.74, 6) is 0.530. The van der Waals surface area contributed by atoms with E-state index < -0.39 is 0 Å². The lowest BCUT2D eigenvalue weighted by Gasteiger charge is -2.07. The Hall–Kier alpha value is -2.68. The van der Waals surface area contributed by atoms with Crippen LogP contribution in [0.4, 0.5) is 5.82 Å². The van der Waals surface area contributed by atoms with Gasteiger partial charge in [-0.25, -0.2) is 9.97 Å². The number of hydrogen-bond acceptors (Lipinski definition) is 3. The van der Waals surface area contributed by atoms with Crippen molar-refractivity contribution in [1.29, 1.82) is 0 Å². The van der Waals surface area contributed by atoms with Crippen molar-refractivity contribution >= 4 is 5.82 Å². The Morgan fingerprint density at radius 1 is 0.750 bits per heavy atom. The van der Waals surface area contributed by atoms with E-state index >= 15 is 0 Å². The molecule has 0 aliphatic rings. The maximum atomic E-state index is 5.83. The van der Waals surface area contributed by atoms with Gasteiger partial charge in [-0.15, -0.1) is 0 Å². The monoisotopic (exact) mass is 261 g/mol. The van der Waals surface area contributed by atoms with Crippen LogP contribution in [0.15, 0.2) is 60.9 Å². The zero-order valence-corrected chi connectivity index (χ0v) is 11.2. The maximum Gasteiger partial charge on any atom is 0.130 e. The molecule has 0 atom stereocenters. The van der Waals surface area contributed by atoms with Crippen molar-refractivity contribution in [3.8, 4) is 22.4 Å². The zero-order chi connectivity index (χ0) is 13.9. The van der Waals surface area contributed by atoms with E-state index in [4.69, 9.17) is 5.73 Å². The molecule has 0 amide bonds. The molecule has 1 heterocycles. The molecule has 3 nitrogen and oxygen atoms in total. The number of anilines is 1. The van der Waals surface area contributed by atoms with E-state index in [1.165, 1.54) is 17.5 Å². The molecule has 3 heteroatoms. The van der Waals surface area contributed by atoms with Crippen LogP contribution < -0.4 is 5.73 Å². The molecular formula is C17H15N3. The predicted octanol–water partition coefficient (Wildman–Crippen LogP) is 3.70. The summed E-state index contributed by atoms with van der Waals surface area (Å²) in [5.41, 5.74) is 11.1. The summed E-state index contributed by atoms with van der Waals surface area (Å²) >= 11 is 0. The van der Waals surface area contributed by atoms with Gasteiger partial charge in [-0.05, 0) is 18.1 Å². The van der Waals surface area contributed by atoms with Gasteiger partial charge in [-0.1, -0.05) is 54.6 Å². The van der Waals surface area contributed by atoms with Gasteiger partial charge < -0.3 is 5.73 Å². The Morgan fingerprint density at radius 2 is 1.35 bits per heavy atom. The highest BCUT2D eigenvalue weighted by atomic mass is 14.9. The van der Waals surface area contributed by atoms with Crippen molar-refractivity contribution in [1.82, 2.24) is 9.97 Å². The minimum Gasteiger partial charge on any atom is -0.383 e. The van der Waals surface area contributed by atoms with E-state index in [0.29, 0.717) is 5.82 Å². The van der Waals surface area contributed by atoms with Crippen LogP contribution in [-0.2, 0) is 0 Å². The molecule has 0 unspecified atom stereocenters. The van der Waals surface area contributed by atoms with E-state index in [1.54, 1.807) is 0 Å². The van der Waals surface area contributed by atoms with Gasteiger partial charge in [0.2, 0.25) is 0 Å². The topological polar surface area (TPSA) is 51.8 Å². The number of rotatable bonds is 2.